The van der Waals surface area contributed by atoms with Crippen molar-refractivity contribution in [3.63, 3.8) is 0 Å². The molecule has 1 nitrogen and oxygen atoms in total. The summed E-state index contributed by atoms with van der Waals surface area (Å²) < 4.78 is 12.9. The van der Waals surface area contributed by atoms with Crippen LogP contribution in [0.3, 0.4) is 0 Å². The first kappa shape index (κ1) is 14.5. The number of likely N-dealkylation sites (N-methyl/N-ethyl adjacent to an activating group) is 1. The molecule has 0 amide bonds. The van der Waals surface area contributed by atoms with Gasteiger partial charge in [-0.25, -0.2) is 4.39 Å². The van der Waals surface area contributed by atoms with Crippen molar-refractivity contribution in [3.05, 3.63) is 53.5 Å². The van der Waals surface area contributed by atoms with Gasteiger partial charge in [0.1, 0.15) is 5.82 Å². The van der Waals surface area contributed by atoms with Gasteiger partial charge in [-0.1, -0.05) is 32.1 Å². The Hall–Kier alpha value is -1.57. The van der Waals surface area contributed by atoms with Gasteiger partial charge in [-0.05, 0) is 49.1 Å². The second kappa shape index (κ2) is 7.00. The molecule has 0 saturated carbocycles. The molecule has 18 heavy (non-hydrogen) atoms. The second-order valence-electron chi connectivity index (χ2n) is 4.68. The van der Waals surface area contributed by atoms with Crippen LogP contribution >= 0.6 is 0 Å². The predicted molar refractivity (Wildman–Crippen MR) is 76.6 cm³/mol. The van der Waals surface area contributed by atoms with E-state index in [0.29, 0.717) is 5.92 Å². The van der Waals surface area contributed by atoms with Crippen molar-refractivity contribution in [2.75, 3.05) is 6.54 Å². The van der Waals surface area contributed by atoms with Crippen LogP contribution < -0.4 is 5.32 Å². The number of nitrogens with one attached hydrogen (secondary N) is 1. The fourth-order valence-electron chi connectivity index (χ4n) is 1.65. The van der Waals surface area contributed by atoms with Gasteiger partial charge in [0.2, 0.25) is 0 Å². The Morgan fingerprint density at radius 1 is 1.28 bits per heavy atom. The second-order valence-corrected chi connectivity index (χ2v) is 4.68. The van der Waals surface area contributed by atoms with E-state index in [4.69, 9.17) is 0 Å². The SMILES string of the molecule is CCNC(/C=C\C(C)C)=C(/C)c1ccc(F)cc1. The highest BCUT2D eigenvalue weighted by atomic mass is 19.1. The van der Waals surface area contributed by atoms with E-state index in [1.165, 1.54) is 12.1 Å². The Balaban J connectivity index is 3.06. The van der Waals surface area contributed by atoms with E-state index in [1.807, 2.05) is 12.1 Å². The highest BCUT2D eigenvalue weighted by Gasteiger charge is 2.02. The molecule has 1 rings (SSSR count). The third kappa shape index (κ3) is 4.36. The molecule has 0 bridgehead atoms. The first-order valence-electron chi connectivity index (χ1n) is 6.43. The lowest BCUT2D eigenvalue weighted by molar-refractivity contribution is 0.627. The van der Waals surface area contributed by atoms with Crippen LogP contribution in [0.2, 0.25) is 0 Å². The van der Waals surface area contributed by atoms with E-state index >= 15 is 0 Å². The van der Waals surface area contributed by atoms with Crippen molar-refractivity contribution in [1.82, 2.24) is 5.32 Å². The fraction of sp³-hybridized carbons (Fsp3) is 0.375. The van der Waals surface area contributed by atoms with Crippen LogP contribution in [0.25, 0.3) is 5.57 Å². The number of hydrogen-bond donors (Lipinski definition) is 1. The highest BCUT2D eigenvalue weighted by molar-refractivity contribution is 5.68. The maximum atomic E-state index is 12.9. The Morgan fingerprint density at radius 2 is 1.89 bits per heavy atom. The highest BCUT2D eigenvalue weighted by Crippen LogP contribution is 2.18. The van der Waals surface area contributed by atoms with Gasteiger partial charge < -0.3 is 5.32 Å². The monoisotopic (exact) mass is 247 g/mol. The first-order chi connectivity index (χ1) is 8.54. The van der Waals surface area contributed by atoms with Crippen LogP contribution in [0.1, 0.15) is 33.3 Å². The van der Waals surface area contributed by atoms with E-state index in [-0.39, 0.29) is 5.82 Å². The molecule has 1 aromatic carbocycles. The molecule has 0 radical (unpaired) electrons. The van der Waals surface area contributed by atoms with Gasteiger partial charge in [-0.2, -0.15) is 0 Å². The van der Waals surface area contributed by atoms with Gasteiger partial charge in [-0.3, -0.25) is 0 Å². The van der Waals surface area contributed by atoms with Crippen LogP contribution in [-0.2, 0) is 0 Å². The molecule has 1 N–H and O–H groups in total. The lowest BCUT2D eigenvalue weighted by atomic mass is 10.0. The predicted octanol–water partition coefficient (Wildman–Crippen LogP) is 4.38. The average molecular weight is 247 g/mol. The van der Waals surface area contributed by atoms with E-state index in [9.17, 15) is 4.39 Å². The molecule has 0 unspecified atom stereocenters. The maximum Gasteiger partial charge on any atom is 0.123 e. The van der Waals surface area contributed by atoms with E-state index in [0.717, 1.165) is 23.4 Å². The summed E-state index contributed by atoms with van der Waals surface area (Å²) in [5, 5.41) is 3.35. The van der Waals surface area contributed by atoms with E-state index in [1.54, 1.807) is 0 Å². The summed E-state index contributed by atoms with van der Waals surface area (Å²) in [5.74, 6) is 0.314. The zero-order valence-electron chi connectivity index (χ0n) is 11.6. The minimum absolute atomic E-state index is 0.200. The molecular formula is C16H22FN. The largest absolute Gasteiger partial charge is 0.385 e. The van der Waals surface area contributed by atoms with Gasteiger partial charge in [0.05, 0.1) is 0 Å². The smallest absolute Gasteiger partial charge is 0.123 e. The summed E-state index contributed by atoms with van der Waals surface area (Å²) in [6.07, 6.45) is 4.26. The molecule has 0 aliphatic rings. The molecule has 0 heterocycles. The van der Waals surface area contributed by atoms with Crippen molar-refractivity contribution < 1.29 is 4.39 Å². The molecule has 1 aromatic rings. The van der Waals surface area contributed by atoms with Crippen LogP contribution in [0.4, 0.5) is 4.39 Å². The summed E-state index contributed by atoms with van der Waals surface area (Å²) >= 11 is 0. The van der Waals surface area contributed by atoms with Gasteiger partial charge in [-0.15, -0.1) is 0 Å². The summed E-state index contributed by atoms with van der Waals surface area (Å²) in [6.45, 7) is 9.29. The molecule has 2 heteroatoms. The van der Waals surface area contributed by atoms with Gasteiger partial charge in [0, 0.05) is 12.2 Å². The van der Waals surface area contributed by atoms with E-state index < -0.39 is 0 Å². The van der Waals surface area contributed by atoms with E-state index in [2.05, 4.69) is 45.2 Å². The molecule has 98 valence electrons. The lowest BCUT2D eigenvalue weighted by Crippen LogP contribution is -2.12. The Morgan fingerprint density at radius 3 is 2.39 bits per heavy atom. The first-order valence-corrected chi connectivity index (χ1v) is 6.43. The number of allylic oxidation sites excluding steroid dienone is 3. The van der Waals surface area contributed by atoms with Crippen molar-refractivity contribution in [2.24, 2.45) is 5.92 Å². The summed E-state index contributed by atoms with van der Waals surface area (Å²) in [6, 6.07) is 6.61. The summed E-state index contributed by atoms with van der Waals surface area (Å²) in [7, 11) is 0. The molecule has 0 aliphatic carbocycles. The minimum Gasteiger partial charge on any atom is -0.385 e. The standard InChI is InChI=1S/C16H22FN/c1-5-18-16(11-6-12(2)3)13(4)14-7-9-15(17)10-8-14/h6-12,18H,5H2,1-4H3/b11-6-,16-13-. The van der Waals surface area contributed by atoms with Crippen LogP contribution in [0.15, 0.2) is 42.1 Å². The van der Waals surface area contributed by atoms with Gasteiger partial charge >= 0.3 is 0 Å². The third-order valence-electron chi connectivity index (χ3n) is 2.70. The average Bonchev–Trinajstić information content (AvgIpc) is 2.34. The van der Waals surface area contributed by atoms with Crippen LogP contribution in [0.5, 0.6) is 0 Å². The zero-order chi connectivity index (χ0) is 13.5. The molecule has 0 fully saturated rings. The third-order valence-corrected chi connectivity index (χ3v) is 2.70. The molecule has 0 atom stereocenters. The normalized spacial score (nSPS) is 13.0. The summed E-state index contributed by atoms with van der Waals surface area (Å²) in [5.41, 5.74) is 3.27. The topological polar surface area (TPSA) is 12.0 Å². The Labute approximate surface area is 109 Å². The fourth-order valence-corrected chi connectivity index (χ4v) is 1.65. The van der Waals surface area contributed by atoms with Crippen molar-refractivity contribution >= 4 is 5.57 Å². The Kier molecular flexibility index (Phi) is 5.63. The van der Waals surface area contributed by atoms with Gasteiger partial charge in [0.15, 0.2) is 0 Å². The molecule has 0 aromatic heterocycles. The number of hydrogen-bond acceptors (Lipinski definition) is 1. The zero-order valence-corrected chi connectivity index (χ0v) is 11.6. The lowest BCUT2D eigenvalue weighted by Gasteiger charge is -2.11. The van der Waals surface area contributed by atoms with Crippen molar-refractivity contribution in [1.29, 1.82) is 0 Å². The quantitative estimate of drug-likeness (QED) is 0.761. The van der Waals surface area contributed by atoms with Crippen LogP contribution in [-0.4, -0.2) is 6.54 Å². The summed E-state index contributed by atoms with van der Waals surface area (Å²) in [4.78, 5) is 0. The number of rotatable bonds is 5. The van der Waals surface area contributed by atoms with Crippen LogP contribution in [0, 0.1) is 11.7 Å². The van der Waals surface area contributed by atoms with Gasteiger partial charge in [0.25, 0.3) is 0 Å². The Bertz CT molecular complexity index is 427. The van der Waals surface area contributed by atoms with Crippen molar-refractivity contribution in [3.8, 4) is 0 Å². The number of benzene rings is 1. The molecule has 0 aliphatic heterocycles. The molecule has 0 saturated heterocycles. The number of halogens is 1. The minimum atomic E-state index is -0.200. The molecular weight excluding hydrogens is 225 g/mol. The van der Waals surface area contributed by atoms with Crippen molar-refractivity contribution in [2.45, 2.75) is 27.7 Å². The maximum absolute atomic E-state index is 12.9. The molecule has 0 spiro atoms.